The first kappa shape index (κ1) is 57.3. The van der Waals surface area contributed by atoms with Crippen LogP contribution in [0.15, 0.2) is 158 Å². The highest BCUT2D eigenvalue weighted by atomic mass is 16.2. The predicted octanol–water partition coefficient (Wildman–Crippen LogP) is 4.56. The maximum absolute atomic E-state index is 12.9. The van der Waals surface area contributed by atoms with Crippen LogP contribution in [0.2, 0.25) is 0 Å². The summed E-state index contributed by atoms with van der Waals surface area (Å²) in [5.74, 6) is -3.21. The highest BCUT2D eigenvalue weighted by Crippen LogP contribution is 2.26. The van der Waals surface area contributed by atoms with Crippen LogP contribution < -0.4 is 65.5 Å². The summed E-state index contributed by atoms with van der Waals surface area (Å²) in [6, 6.07) is 43.7. The van der Waals surface area contributed by atoms with Crippen molar-refractivity contribution in [1.29, 1.82) is 0 Å². The molecule has 0 saturated heterocycles. The molecule has 0 fully saturated rings. The number of pyridine rings is 2. The zero-order valence-corrected chi connectivity index (χ0v) is 45.1. The number of nitrogens with two attached hydrogens (primary N) is 4. The second-order valence-corrected chi connectivity index (χ2v) is 19.5. The number of anilines is 4. The third-order valence-corrected chi connectivity index (χ3v) is 13.8. The van der Waals surface area contributed by atoms with Gasteiger partial charge >= 0.3 is 0 Å². The van der Waals surface area contributed by atoms with Crippen molar-refractivity contribution in [2.24, 2.45) is 0 Å². The summed E-state index contributed by atoms with van der Waals surface area (Å²) in [6.07, 6.45) is 0. The van der Waals surface area contributed by atoms with E-state index < -0.39 is 23.6 Å². The van der Waals surface area contributed by atoms with Crippen LogP contribution >= 0.6 is 0 Å². The minimum Gasteiger partial charge on any atom is -0.397 e. The molecule has 16 N–H and O–H groups in total. The Morgan fingerprint density at radius 1 is 0.250 bits per heavy atom. The van der Waals surface area contributed by atoms with E-state index in [1.165, 1.54) is 36.4 Å². The molecule has 0 aliphatic carbocycles. The molecule has 424 valence electrons. The second-order valence-electron chi connectivity index (χ2n) is 19.5. The van der Waals surface area contributed by atoms with E-state index in [9.17, 15) is 38.4 Å². The topological polar surface area (TPSA) is 363 Å². The molecule has 10 heterocycles. The van der Waals surface area contributed by atoms with Gasteiger partial charge < -0.3 is 65.5 Å². The first-order chi connectivity index (χ1) is 40.6. The summed E-state index contributed by atoms with van der Waals surface area (Å²) in [4.78, 5) is 111. The Hall–Kier alpha value is -11.4. The van der Waals surface area contributed by atoms with Crippen molar-refractivity contribution < 1.29 is 38.4 Å². The summed E-state index contributed by atoms with van der Waals surface area (Å²) < 4.78 is 0. The smallest absolute Gasteiger partial charge is 0.270 e. The normalized spacial score (nSPS) is 14.5. The maximum Gasteiger partial charge on any atom is 0.270 e. The second kappa shape index (κ2) is 26.2. The Labute approximate surface area is 481 Å². The van der Waals surface area contributed by atoms with Gasteiger partial charge in [-0.2, -0.15) is 0 Å². The summed E-state index contributed by atoms with van der Waals surface area (Å²) in [7, 11) is 0. The molecular formula is C62H58N14O8. The van der Waals surface area contributed by atoms with E-state index in [-0.39, 0.29) is 110 Å². The lowest BCUT2D eigenvalue weighted by Crippen LogP contribution is -2.28. The van der Waals surface area contributed by atoms with E-state index in [2.05, 4.69) is 52.5 Å². The molecule has 8 amide bonds. The zero-order chi connectivity index (χ0) is 59.3. The Bertz CT molecular complexity index is 3370. The van der Waals surface area contributed by atoms with E-state index in [1.807, 2.05) is 48.5 Å². The summed E-state index contributed by atoms with van der Waals surface area (Å²) in [5.41, 5.74) is 33.5. The molecule has 16 bridgehead atoms. The van der Waals surface area contributed by atoms with E-state index >= 15 is 0 Å². The summed E-state index contributed by atoms with van der Waals surface area (Å²) >= 11 is 0. The van der Waals surface area contributed by atoms with Crippen LogP contribution in [0.4, 0.5) is 22.7 Å². The molecule has 84 heavy (non-hydrogen) atoms. The molecule has 8 aliphatic rings. The van der Waals surface area contributed by atoms with Gasteiger partial charge in [0.05, 0.1) is 22.7 Å². The van der Waals surface area contributed by atoms with Crippen LogP contribution in [0.5, 0.6) is 0 Å². The molecule has 8 aromatic rings. The van der Waals surface area contributed by atoms with Crippen molar-refractivity contribution in [3.8, 4) is 0 Å². The average molecular weight is 1130 g/mol. The van der Waals surface area contributed by atoms with Gasteiger partial charge in [-0.05, 0) is 105 Å². The average Bonchev–Trinajstić information content (AvgIpc) is 3.73. The fourth-order valence-electron chi connectivity index (χ4n) is 8.80. The number of rotatable bonds is 0. The molecule has 22 nitrogen and oxygen atoms in total. The molecule has 0 atom stereocenters. The first-order valence-corrected chi connectivity index (χ1v) is 26.4. The Morgan fingerprint density at radius 2 is 0.452 bits per heavy atom. The lowest BCUT2D eigenvalue weighted by atomic mass is 10.0. The minimum absolute atomic E-state index is 0.0639. The third-order valence-electron chi connectivity index (χ3n) is 13.8. The lowest BCUT2D eigenvalue weighted by Gasteiger charge is -2.15. The van der Waals surface area contributed by atoms with Gasteiger partial charge in [0.25, 0.3) is 47.3 Å². The predicted molar refractivity (Wildman–Crippen MR) is 314 cm³/mol. The Morgan fingerprint density at radius 3 is 0.702 bits per heavy atom. The van der Waals surface area contributed by atoms with Crippen molar-refractivity contribution in [3.63, 3.8) is 0 Å². The number of nitrogens with zero attached hydrogens (tertiary/aromatic N) is 2. The van der Waals surface area contributed by atoms with E-state index in [0.717, 1.165) is 22.3 Å². The van der Waals surface area contributed by atoms with Crippen LogP contribution in [0.3, 0.4) is 0 Å². The van der Waals surface area contributed by atoms with Crippen LogP contribution in [-0.4, -0.2) is 57.2 Å². The number of hydrogen-bond donors (Lipinski definition) is 12. The highest BCUT2D eigenvalue weighted by molar-refractivity contribution is 6.01. The molecule has 6 aromatic carbocycles. The van der Waals surface area contributed by atoms with Crippen LogP contribution in [-0.2, 0) is 52.4 Å². The number of nitrogens with one attached hydrogen (secondary N) is 8. The third kappa shape index (κ3) is 14.3. The monoisotopic (exact) mass is 1130 g/mol. The van der Waals surface area contributed by atoms with Gasteiger partial charge in [-0.15, -0.1) is 0 Å². The van der Waals surface area contributed by atoms with E-state index in [1.54, 1.807) is 72.8 Å². The molecule has 0 radical (unpaired) electrons. The number of benzene rings is 6. The quantitative estimate of drug-likeness (QED) is 0.0927. The van der Waals surface area contributed by atoms with Gasteiger partial charge in [-0.3, -0.25) is 38.4 Å². The largest absolute Gasteiger partial charge is 0.397 e. The number of amides is 8. The minimum atomic E-state index is -0.488. The number of aromatic nitrogens is 2. The summed E-state index contributed by atoms with van der Waals surface area (Å²) in [6.45, 7) is 1.40. The number of hydrogen-bond acceptors (Lipinski definition) is 14. The van der Waals surface area contributed by atoms with Gasteiger partial charge in [0, 0.05) is 74.6 Å². The highest BCUT2D eigenvalue weighted by Gasteiger charge is 2.19. The van der Waals surface area contributed by atoms with Gasteiger partial charge in [0.1, 0.15) is 22.8 Å². The molecule has 0 spiro atoms. The molecule has 22 heteroatoms. The van der Waals surface area contributed by atoms with E-state index in [0.29, 0.717) is 55.9 Å². The molecule has 2 aromatic heterocycles. The SMILES string of the molecule is Nc1c2ccc(c1N)CNC(=O)c1cccc(c1)C(=O)NCc1ccc(cc1)CNC(=O)c1cccc(c1)C(=O)NC2.Nc1c2ccc(c1N)CNC(=O)c1cccc(n1)C(=O)NCc1ccc(cc1)CNC(=O)c1cccc(n1)C(=O)NC2. The maximum atomic E-state index is 12.9. The fraction of sp³-hybridized carbons (Fsp3) is 0.129. The molecule has 8 aliphatic heterocycles. The van der Waals surface area contributed by atoms with E-state index in [4.69, 9.17) is 22.9 Å². The molecule has 16 rings (SSSR count). The van der Waals surface area contributed by atoms with Crippen LogP contribution in [0.1, 0.15) is 128 Å². The number of nitrogen functional groups attached to an aromatic ring is 4. The standard InChI is InChI=1S/C32H30N6O4.C30H28N8O4/c33-27-25-11-12-26(28(27)34)18-38-32(42)24-6-2-4-22(14-24)30(40)36-16-20-9-7-19(8-10-20)15-35-29(39)21-3-1-5-23(13-21)31(41)37-17-25;31-25-19-11-12-20(26(25)32)16-36-30(42)24-6-2-4-22(38-24)28(40)34-14-18-9-7-17(8-10-18)13-33-27(39)21-3-1-5-23(37-21)29(41)35-15-19/h1-14H,15-18,33-34H2,(H,35,39)(H,36,40)(H,37,41)(H,38,42);1-12H,13-16,31-32H2,(H,33,39)(H,34,40)(H,35,41)(H,36,42). The number of carbonyl (C=O) groups excluding carboxylic acids is 8. The fourth-order valence-corrected chi connectivity index (χ4v) is 8.80. The molecule has 0 saturated carbocycles. The van der Waals surface area contributed by atoms with Gasteiger partial charge in [0.15, 0.2) is 0 Å². The van der Waals surface area contributed by atoms with Crippen molar-refractivity contribution in [3.05, 3.63) is 247 Å². The lowest BCUT2D eigenvalue weighted by molar-refractivity contribution is 0.0925. The van der Waals surface area contributed by atoms with Crippen LogP contribution in [0.25, 0.3) is 0 Å². The van der Waals surface area contributed by atoms with Crippen molar-refractivity contribution in [2.45, 2.75) is 52.4 Å². The Kier molecular flexibility index (Phi) is 17.9. The molecule has 0 unspecified atom stereocenters. The van der Waals surface area contributed by atoms with Crippen molar-refractivity contribution in [2.75, 3.05) is 22.9 Å². The summed E-state index contributed by atoms with van der Waals surface area (Å²) in [5, 5.41) is 22.4. The van der Waals surface area contributed by atoms with Gasteiger partial charge in [0.2, 0.25) is 0 Å². The zero-order valence-electron chi connectivity index (χ0n) is 45.1. The van der Waals surface area contributed by atoms with Crippen molar-refractivity contribution >= 4 is 70.0 Å². The first-order valence-electron chi connectivity index (χ1n) is 26.4. The van der Waals surface area contributed by atoms with Crippen molar-refractivity contribution in [1.82, 2.24) is 52.5 Å². The number of carbonyl (C=O) groups is 8. The van der Waals surface area contributed by atoms with Gasteiger partial charge in [-0.1, -0.05) is 97.1 Å². The molecular weight excluding hydrogens is 1070 g/mol. The Balaban J connectivity index is 0.000000202. The van der Waals surface area contributed by atoms with Crippen LogP contribution in [0, 0.1) is 0 Å². The van der Waals surface area contributed by atoms with Gasteiger partial charge in [-0.25, -0.2) is 9.97 Å².